The number of hydrogen-bond donors (Lipinski definition) is 1. The fourth-order valence-electron chi connectivity index (χ4n) is 7.32. The van der Waals surface area contributed by atoms with Crippen molar-refractivity contribution < 1.29 is 37.3 Å². The number of nitrogens with zero attached hydrogens (tertiary/aromatic N) is 1. The number of carbonyl (C=O) groups is 1. The predicted octanol–water partition coefficient (Wildman–Crippen LogP) is 14.8. The second kappa shape index (κ2) is 42.2. The molecule has 0 radical (unpaired) electrons. The Morgan fingerprint density at radius 3 is 1.16 bits per heavy atom. The van der Waals surface area contributed by atoms with Gasteiger partial charge >= 0.3 is 13.8 Å². The average Bonchev–Trinajstić information content (AvgIpc) is 3.16. The maximum Gasteiger partial charge on any atom is 0.472 e. The quantitative estimate of drug-likeness (QED) is 0.0283. The highest BCUT2D eigenvalue weighted by Gasteiger charge is 2.26. The number of carbonyl (C=O) groups excluding carboxylic acids is 1. The number of ether oxygens (including phenoxy) is 2. The van der Waals surface area contributed by atoms with Crippen molar-refractivity contribution in [3.63, 3.8) is 0 Å². The number of quaternary nitrogens is 1. The maximum absolute atomic E-state index is 12.7. The molecule has 0 aliphatic rings. The SMILES string of the molecule is CCCCCCCCCCCCCCCCCCCCC(=O)OC(COCCCCCCCCCCCCCCCCCCC)COP(=O)(O)OCC[N+](C)(C)C. The Kier molecular flexibility index (Phi) is 41.8. The van der Waals surface area contributed by atoms with E-state index in [0.717, 1.165) is 32.1 Å². The monoisotopic (exact) mass is 833 g/mol. The minimum atomic E-state index is -4.27. The third kappa shape index (κ3) is 46.4. The van der Waals surface area contributed by atoms with Crippen LogP contribution in [-0.2, 0) is 27.9 Å². The molecule has 0 aromatic heterocycles. The van der Waals surface area contributed by atoms with Gasteiger partial charge in [-0.25, -0.2) is 4.57 Å². The molecule has 8 nitrogen and oxygen atoms in total. The van der Waals surface area contributed by atoms with Crippen LogP contribution in [0.3, 0.4) is 0 Å². The summed E-state index contributed by atoms with van der Waals surface area (Å²) in [4.78, 5) is 23.0. The number of hydrogen-bond acceptors (Lipinski definition) is 6. The van der Waals surface area contributed by atoms with Gasteiger partial charge in [-0.05, 0) is 12.8 Å². The highest BCUT2D eigenvalue weighted by molar-refractivity contribution is 7.47. The summed E-state index contributed by atoms with van der Waals surface area (Å²) in [6.07, 6.45) is 45.6. The van der Waals surface area contributed by atoms with Crippen molar-refractivity contribution in [3.05, 3.63) is 0 Å². The Morgan fingerprint density at radius 1 is 0.474 bits per heavy atom. The van der Waals surface area contributed by atoms with E-state index in [4.69, 9.17) is 18.5 Å². The molecule has 0 aromatic carbocycles. The minimum absolute atomic E-state index is 0.0941. The fourth-order valence-corrected chi connectivity index (χ4v) is 8.06. The lowest BCUT2D eigenvalue weighted by Gasteiger charge is -2.24. The van der Waals surface area contributed by atoms with Gasteiger partial charge < -0.3 is 18.9 Å². The van der Waals surface area contributed by atoms with E-state index in [0.29, 0.717) is 24.1 Å². The van der Waals surface area contributed by atoms with Crippen LogP contribution in [0.4, 0.5) is 0 Å². The number of phosphoric acid groups is 1. The molecule has 1 N–H and O–H groups in total. The van der Waals surface area contributed by atoms with E-state index in [2.05, 4.69) is 13.8 Å². The van der Waals surface area contributed by atoms with Crippen molar-refractivity contribution in [1.82, 2.24) is 0 Å². The van der Waals surface area contributed by atoms with Crippen molar-refractivity contribution >= 4 is 13.8 Å². The molecule has 0 spiro atoms. The van der Waals surface area contributed by atoms with Crippen molar-refractivity contribution in [1.29, 1.82) is 0 Å². The Balaban J connectivity index is 4.11. The third-order valence-corrected chi connectivity index (χ3v) is 12.2. The van der Waals surface area contributed by atoms with Crippen molar-refractivity contribution in [3.8, 4) is 0 Å². The van der Waals surface area contributed by atoms with Crippen LogP contribution in [0, 0.1) is 0 Å². The highest BCUT2D eigenvalue weighted by atomic mass is 31.2. The number of unbranched alkanes of at least 4 members (excludes halogenated alkanes) is 33. The summed E-state index contributed by atoms with van der Waals surface area (Å²) >= 11 is 0. The smallest absolute Gasteiger partial charge is 0.457 e. The molecule has 9 heteroatoms. The van der Waals surface area contributed by atoms with E-state index in [-0.39, 0.29) is 25.8 Å². The lowest BCUT2D eigenvalue weighted by atomic mass is 10.0. The molecule has 0 amide bonds. The number of rotatable bonds is 47. The van der Waals surface area contributed by atoms with E-state index in [1.165, 1.54) is 193 Å². The Labute approximate surface area is 355 Å². The van der Waals surface area contributed by atoms with Gasteiger partial charge in [-0.3, -0.25) is 13.8 Å². The number of likely N-dealkylation sites (N-methyl/N-ethyl adjacent to an activating group) is 1. The molecule has 0 fully saturated rings. The predicted molar refractivity (Wildman–Crippen MR) is 243 cm³/mol. The summed E-state index contributed by atoms with van der Waals surface area (Å²) in [7, 11) is 1.69. The zero-order valence-electron chi connectivity index (χ0n) is 38.9. The summed E-state index contributed by atoms with van der Waals surface area (Å²) in [6.45, 7) is 5.70. The largest absolute Gasteiger partial charge is 0.472 e. The lowest BCUT2D eigenvalue weighted by Crippen LogP contribution is -2.37. The summed E-state index contributed by atoms with van der Waals surface area (Å²) in [5.41, 5.74) is 0. The van der Waals surface area contributed by atoms with Crippen LogP contribution < -0.4 is 0 Å². The molecule has 0 rings (SSSR count). The van der Waals surface area contributed by atoms with Crippen LogP contribution in [0.5, 0.6) is 0 Å². The zero-order chi connectivity index (χ0) is 42.0. The Bertz CT molecular complexity index is 883. The molecule has 0 saturated heterocycles. The van der Waals surface area contributed by atoms with E-state index >= 15 is 0 Å². The van der Waals surface area contributed by atoms with Crippen molar-refractivity contribution in [2.75, 3.05) is 54.1 Å². The molecule has 57 heavy (non-hydrogen) atoms. The third-order valence-electron chi connectivity index (χ3n) is 11.2. The van der Waals surface area contributed by atoms with Crippen LogP contribution in [0.15, 0.2) is 0 Å². The molecular formula is C48H99NO7P+. The van der Waals surface area contributed by atoms with Crippen LogP contribution in [0.25, 0.3) is 0 Å². The van der Waals surface area contributed by atoms with Gasteiger partial charge in [0.05, 0.1) is 34.4 Å². The topological polar surface area (TPSA) is 91.3 Å². The Hall–Kier alpha value is -0.500. The molecule has 0 heterocycles. The standard InChI is InChI=1S/C48H98NO7P/c1-6-8-10-12-14-16-18-20-22-24-25-27-29-31-33-35-37-39-41-48(50)56-47(46-55-57(51,52)54-44-42-49(3,4)5)45-53-43-40-38-36-34-32-30-28-26-23-21-19-17-15-13-11-9-7-2/h47H,6-46H2,1-5H3/p+1. The summed E-state index contributed by atoms with van der Waals surface area (Å²) < 4.78 is 35.1. The second-order valence-corrected chi connectivity index (χ2v) is 19.7. The van der Waals surface area contributed by atoms with Gasteiger partial charge in [0, 0.05) is 13.0 Å². The molecule has 2 unspecified atom stereocenters. The zero-order valence-corrected chi connectivity index (χ0v) is 39.8. The van der Waals surface area contributed by atoms with Crippen LogP contribution >= 0.6 is 7.82 Å². The van der Waals surface area contributed by atoms with E-state index in [9.17, 15) is 14.3 Å². The van der Waals surface area contributed by atoms with E-state index in [1.807, 2.05) is 21.1 Å². The lowest BCUT2D eigenvalue weighted by molar-refractivity contribution is -0.870. The van der Waals surface area contributed by atoms with Gasteiger partial charge in [-0.1, -0.05) is 226 Å². The van der Waals surface area contributed by atoms with Gasteiger partial charge in [-0.2, -0.15) is 0 Å². The first-order valence-corrected chi connectivity index (χ1v) is 26.3. The summed E-state index contributed by atoms with van der Waals surface area (Å²) in [6, 6.07) is 0. The summed E-state index contributed by atoms with van der Waals surface area (Å²) in [5.74, 6) is -0.305. The fraction of sp³-hybridized carbons (Fsp3) is 0.979. The van der Waals surface area contributed by atoms with E-state index < -0.39 is 13.9 Å². The van der Waals surface area contributed by atoms with Crippen molar-refractivity contribution in [2.45, 2.75) is 251 Å². The van der Waals surface area contributed by atoms with Gasteiger partial charge in [0.2, 0.25) is 0 Å². The van der Waals surface area contributed by atoms with Gasteiger partial charge in [0.1, 0.15) is 19.3 Å². The van der Waals surface area contributed by atoms with Gasteiger partial charge in [-0.15, -0.1) is 0 Å². The van der Waals surface area contributed by atoms with Crippen LogP contribution in [0.2, 0.25) is 0 Å². The average molecular weight is 833 g/mol. The molecule has 2 atom stereocenters. The maximum atomic E-state index is 12.7. The second-order valence-electron chi connectivity index (χ2n) is 18.2. The first-order chi connectivity index (χ1) is 27.6. The first-order valence-electron chi connectivity index (χ1n) is 24.8. The first kappa shape index (κ1) is 56.5. The molecule has 0 bridgehead atoms. The van der Waals surface area contributed by atoms with E-state index in [1.54, 1.807) is 0 Å². The van der Waals surface area contributed by atoms with Crippen LogP contribution in [-0.4, -0.2) is 75.6 Å². The van der Waals surface area contributed by atoms with Gasteiger partial charge in [0.25, 0.3) is 0 Å². The minimum Gasteiger partial charge on any atom is -0.457 e. The molecule has 0 saturated carbocycles. The Morgan fingerprint density at radius 2 is 0.807 bits per heavy atom. The number of esters is 1. The highest BCUT2D eigenvalue weighted by Crippen LogP contribution is 2.43. The normalized spacial score (nSPS) is 13.6. The molecule has 0 aliphatic heterocycles. The van der Waals surface area contributed by atoms with Crippen LogP contribution in [0.1, 0.15) is 245 Å². The summed E-state index contributed by atoms with van der Waals surface area (Å²) in [5, 5.41) is 0. The van der Waals surface area contributed by atoms with Gasteiger partial charge in [0.15, 0.2) is 0 Å². The molecule has 342 valence electrons. The van der Waals surface area contributed by atoms with Crippen molar-refractivity contribution in [2.24, 2.45) is 0 Å². The molecule has 0 aromatic rings. The number of phosphoric ester groups is 1. The molecular weight excluding hydrogens is 734 g/mol. The molecule has 0 aliphatic carbocycles.